The zero-order chi connectivity index (χ0) is 28.4. The van der Waals surface area contributed by atoms with Gasteiger partial charge in [0.15, 0.2) is 16.0 Å². The Morgan fingerprint density at radius 3 is 2.28 bits per heavy atom. The Morgan fingerprint density at radius 1 is 1.10 bits per heavy atom. The van der Waals surface area contributed by atoms with Gasteiger partial charge in [0.2, 0.25) is 5.69 Å². The third kappa shape index (κ3) is 6.27. The van der Waals surface area contributed by atoms with E-state index >= 15 is 0 Å². The Morgan fingerprint density at radius 2 is 1.72 bits per heavy atom. The maximum Gasteiger partial charge on any atom is 0.260 e. The highest BCUT2D eigenvalue weighted by molar-refractivity contribution is 7.90. The third-order valence-electron chi connectivity index (χ3n) is 8.40. The molecule has 212 valence electrons. The standard InChI is InChI=1S/C29H40N4O5S/c1-6-38-30-27(23-7-9-25(10-8-23)39(5,36)37)24-12-16-32(17-13-24)29(4)14-19-31(20-15-29)28(34)26-21(2)11-18-33(35)22(26)3/h7-11,18,24H,6,12-17,19-20H2,1-5H3/b30-27-. The zero-order valence-electron chi connectivity index (χ0n) is 23.6. The Labute approximate surface area is 231 Å². The van der Waals surface area contributed by atoms with Crippen molar-refractivity contribution in [3.8, 4) is 0 Å². The second-order valence-electron chi connectivity index (χ2n) is 11.0. The number of benzene rings is 1. The molecule has 10 heteroatoms. The largest absolute Gasteiger partial charge is 0.618 e. The number of piperidine rings is 2. The number of carbonyl (C=O) groups is 1. The first-order chi connectivity index (χ1) is 18.4. The number of amides is 1. The molecule has 0 atom stereocenters. The fourth-order valence-electron chi connectivity index (χ4n) is 5.82. The van der Waals surface area contributed by atoms with Gasteiger partial charge in [-0.15, -0.1) is 0 Å². The highest BCUT2D eigenvalue weighted by Crippen LogP contribution is 2.34. The maximum atomic E-state index is 13.3. The van der Waals surface area contributed by atoms with Crippen molar-refractivity contribution in [2.24, 2.45) is 11.1 Å². The molecular weight excluding hydrogens is 516 g/mol. The Balaban J connectivity index is 1.40. The van der Waals surface area contributed by atoms with Crippen LogP contribution in [-0.4, -0.2) is 74.4 Å². The first-order valence-corrected chi connectivity index (χ1v) is 15.6. The van der Waals surface area contributed by atoms with E-state index in [0.717, 1.165) is 60.3 Å². The molecule has 1 amide bonds. The molecule has 1 aromatic heterocycles. The van der Waals surface area contributed by atoms with E-state index < -0.39 is 9.84 Å². The van der Waals surface area contributed by atoms with Gasteiger partial charge in [0.1, 0.15) is 12.2 Å². The molecule has 0 unspecified atom stereocenters. The van der Waals surface area contributed by atoms with Crippen molar-refractivity contribution in [1.82, 2.24) is 9.80 Å². The quantitative estimate of drug-likeness (QED) is 0.224. The van der Waals surface area contributed by atoms with Crippen LogP contribution in [0.1, 0.15) is 66.7 Å². The summed E-state index contributed by atoms with van der Waals surface area (Å²) >= 11 is 0. The molecule has 2 fully saturated rings. The second-order valence-corrected chi connectivity index (χ2v) is 13.0. The molecule has 2 aromatic rings. The van der Waals surface area contributed by atoms with Crippen LogP contribution in [-0.2, 0) is 14.7 Å². The van der Waals surface area contributed by atoms with Crippen molar-refractivity contribution >= 4 is 21.5 Å². The number of pyridine rings is 1. The van der Waals surface area contributed by atoms with Crippen molar-refractivity contribution in [1.29, 1.82) is 0 Å². The molecule has 4 rings (SSSR count). The summed E-state index contributed by atoms with van der Waals surface area (Å²) in [5, 5.41) is 16.5. The van der Waals surface area contributed by atoms with Crippen LogP contribution in [0.5, 0.6) is 0 Å². The van der Waals surface area contributed by atoms with E-state index in [1.807, 2.05) is 30.9 Å². The summed E-state index contributed by atoms with van der Waals surface area (Å²) in [4.78, 5) is 23.5. The molecule has 9 nitrogen and oxygen atoms in total. The average molecular weight is 557 g/mol. The number of sulfone groups is 1. The van der Waals surface area contributed by atoms with Gasteiger partial charge in [-0.05, 0) is 82.8 Å². The number of nitrogens with zero attached hydrogens (tertiary/aromatic N) is 4. The van der Waals surface area contributed by atoms with Crippen molar-refractivity contribution in [3.63, 3.8) is 0 Å². The predicted molar refractivity (Wildman–Crippen MR) is 150 cm³/mol. The lowest BCUT2D eigenvalue weighted by Gasteiger charge is -2.49. The summed E-state index contributed by atoms with van der Waals surface area (Å²) in [5.41, 5.74) is 3.54. The van der Waals surface area contributed by atoms with Crippen LogP contribution in [0.25, 0.3) is 0 Å². The lowest BCUT2D eigenvalue weighted by molar-refractivity contribution is -0.612. The monoisotopic (exact) mass is 556 g/mol. The molecule has 2 aliphatic rings. The number of aryl methyl sites for hydroxylation is 1. The Bertz CT molecular complexity index is 1320. The van der Waals surface area contributed by atoms with Gasteiger partial charge < -0.3 is 14.9 Å². The summed E-state index contributed by atoms with van der Waals surface area (Å²) in [6, 6.07) is 8.60. The number of aromatic nitrogens is 1. The topological polar surface area (TPSA) is 106 Å². The first-order valence-electron chi connectivity index (χ1n) is 13.7. The molecule has 2 saturated heterocycles. The maximum absolute atomic E-state index is 13.3. The minimum absolute atomic E-state index is 0.00463. The molecule has 0 N–H and O–H groups in total. The fourth-order valence-corrected chi connectivity index (χ4v) is 6.45. The Hall–Kier alpha value is -2.98. The van der Waals surface area contributed by atoms with Crippen LogP contribution < -0.4 is 4.73 Å². The molecule has 39 heavy (non-hydrogen) atoms. The minimum Gasteiger partial charge on any atom is -0.618 e. The number of rotatable bonds is 7. The molecule has 0 saturated carbocycles. The van der Waals surface area contributed by atoms with Crippen molar-refractivity contribution in [3.05, 3.63) is 64.1 Å². The summed E-state index contributed by atoms with van der Waals surface area (Å²) < 4.78 is 24.5. The van der Waals surface area contributed by atoms with Crippen molar-refractivity contribution in [2.75, 3.05) is 39.0 Å². The van der Waals surface area contributed by atoms with Crippen molar-refractivity contribution < 1.29 is 22.8 Å². The highest BCUT2D eigenvalue weighted by Gasteiger charge is 2.40. The molecule has 0 radical (unpaired) electrons. The van der Waals surface area contributed by atoms with Crippen LogP contribution in [0.4, 0.5) is 0 Å². The van der Waals surface area contributed by atoms with Gasteiger partial charge in [0, 0.05) is 43.8 Å². The van der Waals surface area contributed by atoms with E-state index in [2.05, 4.69) is 17.0 Å². The minimum atomic E-state index is -3.26. The second kappa shape index (κ2) is 11.6. The normalized spacial score (nSPS) is 19.2. The van der Waals surface area contributed by atoms with E-state index in [0.29, 0.717) is 35.8 Å². The highest BCUT2D eigenvalue weighted by atomic mass is 32.2. The SMILES string of the molecule is CCO/N=C(/c1ccc(S(C)(=O)=O)cc1)C1CCN(C2(C)CCN(C(=O)c3c(C)cc[n+]([O-])c3C)CC2)CC1. The molecule has 0 aliphatic carbocycles. The van der Waals surface area contributed by atoms with Gasteiger partial charge in [-0.2, -0.15) is 4.73 Å². The average Bonchev–Trinajstić information content (AvgIpc) is 2.91. The van der Waals surface area contributed by atoms with Gasteiger partial charge in [0.05, 0.1) is 10.6 Å². The van der Waals surface area contributed by atoms with Crippen LogP contribution in [0.15, 0.2) is 46.6 Å². The molecule has 1 aromatic carbocycles. The van der Waals surface area contributed by atoms with E-state index in [1.165, 1.54) is 12.5 Å². The van der Waals surface area contributed by atoms with Gasteiger partial charge in [-0.3, -0.25) is 9.69 Å². The smallest absolute Gasteiger partial charge is 0.260 e. The summed E-state index contributed by atoms with van der Waals surface area (Å²) in [5.74, 6) is 0.152. The lowest BCUT2D eigenvalue weighted by atomic mass is 9.82. The molecule has 2 aliphatic heterocycles. The number of carbonyl (C=O) groups excluding carboxylic acids is 1. The number of likely N-dealkylation sites (tertiary alicyclic amines) is 2. The van der Waals surface area contributed by atoms with E-state index in [9.17, 15) is 18.4 Å². The lowest BCUT2D eigenvalue weighted by Crippen LogP contribution is -2.57. The van der Waals surface area contributed by atoms with E-state index in [4.69, 9.17) is 4.84 Å². The van der Waals surface area contributed by atoms with Crippen molar-refractivity contribution in [2.45, 2.75) is 63.8 Å². The zero-order valence-corrected chi connectivity index (χ0v) is 24.5. The Kier molecular flexibility index (Phi) is 8.66. The van der Waals surface area contributed by atoms with Crippen LogP contribution in [0.3, 0.4) is 0 Å². The summed E-state index contributed by atoms with van der Waals surface area (Å²) in [6.45, 7) is 11.4. The molecule has 0 bridgehead atoms. The van der Waals surface area contributed by atoms with Crippen LogP contribution in [0, 0.1) is 25.0 Å². The van der Waals surface area contributed by atoms with Crippen LogP contribution in [0.2, 0.25) is 0 Å². The van der Waals surface area contributed by atoms with Crippen LogP contribution >= 0.6 is 0 Å². The summed E-state index contributed by atoms with van der Waals surface area (Å²) in [6.07, 6.45) is 6.25. The fraction of sp³-hybridized carbons (Fsp3) is 0.552. The van der Waals surface area contributed by atoms with Gasteiger partial charge in [-0.1, -0.05) is 17.3 Å². The molecule has 0 spiro atoms. The summed E-state index contributed by atoms with van der Waals surface area (Å²) in [7, 11) is -3.26. The van der Waals surface area contributed by atoms with E-state index in [1.54, 1.807) is 25.1 Å². The third-order valence-corrected chi connectivity index (χ3v) is 9.53. The van der Waals surface area contributed by atoms with Gasteiger partial charge >= 0.3 is 0 Å². The number of hydrogen-bond acceptors (Lipinski definition) is 7. The van der Waals surface area contributed by atoms with Gasteiger partial charge in [0.25, 0.3) is 5.91 Å². The van der Waals surface area contributed by atoms with Gasteiger partial charge in [-0.25, -0.2) is 8.42 Å². The van der Waals surface area contributed by atoms with E-state index in [-0.39, 0.29) is 17.4 Å². The molecule has 3 heterocycles. The predicted octanol–water partition coefficient (Wildman–Crippen LogP) is 3.49. The first kappa shape index (κ1) is 29.0. The number of oxime groups is 1. The number of hydrogen-bond donors (Lipinski definition) is 0. The molecular formula is C29H40N4O5S.